The molecule has 1 aromatic rings. The topological polar surface area (TPSA) is 37.4 Å². The first-order chi connectivity index (χ1) is 7.93. The lowest BCUT2D eigenvalue weighted by Gasteiger charge is -2.18. The monoisotopic (exact) mass is 399 g/mol. The van der Waals surface area contributed by atoms with E-state index in [0.29, 0.717) is 8.81 Å². The SMILES string of the molecule is O=S(=O)(c1cc(Cl)c(Br)s1)N(CCCl)CCCl. The van der Waals surface area contributed by atoms with Crippen molar-refractivity contribution in [1.29, 1.82) is 0 Å². The molecular formula is C8H9BrCl3NO2S2. The minimum absolute atomic E-state index is 0.185. The third-order valence-electron chi connectivity index (χ3n) is 1.88. The van der Waals surface area contributed by atoms with Crippen LogP contribution in [-0.2, 0) is 10.0 Å². The highest BCUT2D eigenvalue weighted by Crippen LogP contribution is 2.35. The van der Waals surface area contributed by atoms with Crippen molar-refractivity contribution in [2.45, 2.75) is 4.21 Å². The zero-order chi connectivity index (χ0) is 13.1. The number of thiophene rings is 1. The first kappa shape index (κ1) is 16.0. The molecule has 1 heterocycles. The summed E-state index contributed by atoms with van der Waals surface area (Å²) in [5, 5.41) is 0.380. The fraction of sp³-hybridized carbons (Fsp3) is 0.500. The molecule has 17 heavy (non-hydrogen) atoms. The molecule has 0 aliphatic heterocycles. The highest BCUT2D eigenvalue weighted by Gasteiger charge is 2.26. The minimum Gasteiger partial charge on any atom is -0.206 e. The Morgan fingerprint density at radius 1 is 1.29 bits per heavy atom. The summed E-state index contributed by atoms with van der Waals surface area (Å²) < 4.78 is 26.5. The second-order valence-electron chi connectivity index (χ2n) is 2.97. The quantitative estimate of drug-likeness (QED) is 0.683. The Kier molecular flexibility index (Phi) is 6.53. The van der Waals surface area contributed by atoms with Gasteiger partial charge in [0.25, 0.3) is 10.0 Å². The maximum atomic E-state index is 12.2. The van der Waals surface area contributed by atoms with E-state index in [0.717, 1.165) is 11.3 Å². The lowest BCUT2D eigenvalue weighted by molar-refractivity contribution is 0.450. The summed E-state index contributed by atoms with van der Waals surface area (Å²) in [5.74, 6) is 0.437. The van der Waals surface area contributed by atoms with Gasteiger partial charge in [-0.2, -0.15) is 4.31 Å². The van der Waals surface area contributed by atoms with Gasteiger partial charge in [-0.3, -0.25) is 0 Å². The number of halogens is 4. The predicted octanol–water partition coefficient (Wildman–Crippen LogP) is 3.63. The van der Waals surface area contributed by atoms with E-state index in [1.54, 1.807) is 0 Å². The Bertz CT molecular complexity index is 452. The summed E-state index contributed by atoms with van der Waals surface area (Å²) in [6.45, 7) is 0.452. The largest absolute Gasteiger partial charge is 0.252 e. The van der Waals surface area contributed by atoms with Gasteiger partial charge >= 0.3 is 0 Å². The molecule has 0 saturated heterocycles. The summed E-state index contributed by atoms with van der Waals surface area (Å²) >= 11 is 21.2. The van der Waals surface area contributed by atoms with Crippen LogP contribution in [0.5, 0.6) is 0 Å². The van der Waals surface area contributed by atoms with Gasteiger partial charge in [0.05, 0.1) is 8.81 Å². The third-order valence-corrected chi connectivity index (χ3v) is 7.05. The highest BCUT2D eigenvalue weighted by atomic mass is 79.9. The Hall–Kier alpha value is 0.960. The van der Waals surface area contributed by atoms with E-state index in [2.05, 4.69) is 15.9 Å². The van der Waals surface area contributed by atoms with Crippen LogP contribution >= 0.6 is 62.1 Å². The molecule has 3 nitrogen and oxygen atoms in total. The van der Waals surface area contributed by atoms with Crippen molar-refractivity contribution in [3.05, 3.63) is 14.9 Å². The van der Waals surface area contributed by atoms with Gasteiger partial charge in [0, 0.05) is 24.8 Å². The lowest BCUT2D eigenvalue weighted by atomic mass is 10.6. The van der Waals surface area contributed by atoms with Crippen LogP contribution < -0.4 is 0 Å². The molecule has 0 bridgehead atoms. The normalized spacial score (nSPS) is 12.3. The van der Waals surface area contributed by atoms with E-state index in [1.165, 1.54) is 10.4 Å². The Labute approximate surface area is 128 Å². The Morgan fingerprint density at radius 3 is 2.18 bits per heavy atom. The summed E-state index contributed by atoms with van der Waals surface area (Å²) in [4.78, 5) is 0. The molecule has 9 heteroatoms. The fourth-order valence-electron chi connectivity index (χ4n) is 1.12. The van der Waals surface area contributed by atoms with Crippen LogP contribution in [0.1, 0.15) is 0 Å². The number of alkyl halides is 2. The fourth-order valence-corrected chi connectivity index (χ4v) is 5.73. The van der Waals surface area contributed by atoms with Gasteiger partial charge in [0.2, 0.25) is 0 Å². The molecule has 0 aromatic carbocycles. The molecule has 0 aliphatic carbocycles. The molecule has 0 aliphatic rings. The van der Waals surface area contributed by atoms with Gasteiger partial charge < -0.3 is 0 Å². The van der Waals surface area contributed by atoms with Crippen molar-refractivity contribution in [1.82, 2.24) is 4.31 Å². The van der Waals surface area contributed by atoms with E-state index in [9.17, 15) is 8.42 Å². The predicted molar refractivity (Wildman–Crippen MR) is 77.2 cm³/mol. The van der Waals surface area contributed by atoms with Crippen LogP contribution in [-0.4, -0.2) is 37.6 Å². The van der Waals surface area contributed by atoms with Crippen molar-refractivity contribution in [2.24, 2.45) is 0 Å². The van der Waals surface area contributed by atoms with Gasteiger partial charge in [-0.25, -0.2) is 8.42 Å². The Balaban J connectivity index is 3.06. The van der Waals surface area contributed by atoms with Gasteiger partial charge in [-0.1, -0.05) is 11.6 Å². The number of hydrogen-bond donors (Lipinski definition) is 0. The molecule has 0 radical (unpaired) electrons. The summed E-state index contributed by atoms with van der Waals surface area (Å²) in [6, 6.07) is 1.42. The van der Waals surface area contributed by atoms with Gasteiger partial charge in [-0.15, -0.1) is 34.5 Å². The summed E-state index contributed by atoms with van der Waals surface area (Å²) in [5.41, 5.74) is 0. The van der Waals surface area contributed by atoms with Crippen molar-refractivity contribution in [3.63, 3.8) is 0 Å². The molecule has 1 rings (SSSR count). The zero-order valence-corrected chi connectivity index (χ0v) is 14.0. The van der Waals surface area contributed by atoms with Gasteiger partial charge in [0.15, 0.2) is 0 Å². The molecule has 0 N–H and O–H groups in total. The molecular weight excluding hydrogens is 392 g/mol. The molecule has 0 unspecified atom stereocenters. The molecule has 0 spiro atoms. The van der Waals surface area contributed by atoms with Gasteiger partial charge in [0.1, 0.15) is 4.21 Å². The van der Waals surface area contributed by atoms with E-state index in [4.69, 9.17) is 34.8 Å². The first-order valence-electron chi connectivity index (χ1n) is 4.50. The second-order valence-corrected chi connectivity index (χ2v) is 8.67. The van der Waals surface area contributed by atoms with Crippen molar-refractivity contribution < 1.29 is 8.42 Å². The third kappa shape index (κ3) is 3.96. The van der Waals surface area contributed by atoms with Crippen LogP contribution in [0.2, 0.25) is 5.02 Å². The number of nitrogens with zero attached hydrogens (tertiary/aromatic N) is 1. The molecule has 0 atom stereocenters. The van der Waals surface area contributed by atoms with Crippen LogP contribution in [0, 0.1) is 0 Å². The smallest absolute Gasteiger partial charge is 0.206 e. The number of sulfonamides is 1. The average molecular weight is 402 g/mol. The first-order valence-corrected chi connectivity index (χ1v) is 9.00. The molecule has 1 aromatic heterocycles. The van der Waals surface area contributed by atoms with Crippen LogP contribution in [0.15, 0.2) is 14.1 Å². The molecule has 0 saturated carbocycles. The van der Waals surface area contributed by atoms with Crippen molar-refractivity contribution in [3.8, 4) is 0 Å². The van der Waals surface area contributed by atoms with Gasteiger partial charge in [-0.05, 0) is 22.0 Å². The van der Waals surface area contributed by atoms with E-state index >= 15 is 0 Å². The molecule has 98 valence electrons. The lowest BCUT2D eigenvalue weighted by Crippen LogP contribution is -2.34. The zero-order valence-electron chi connectivity index (χ0n) is 8.50. The Morgan fingerprint density at radius 2 is 1.82 bits per heavy atom. The minimum atomic E-state index is -3.56. The summed E-state index contributed by atoms with van der Waals surface area (Å²) in [7, 11) is -3.56. The standard InChI is InChI=1S/C8H9BrCl3NO2S2/c9-8-6(12)5-7(16-8)17(14,15)13(3-1-10)4-2-11/h5H,1-4H2. The van der Waals surface area contributed by atoms with E-state index < -0.39 is 10.0 Å². The number of hydrogen-bond acceptors (Lipinski definition) is 3. The maximum Gasteiger partial charge on any atom is 0.252 e. The average Bonchev–Trinajstić information content (AvgIpc) is 2.59. The molecule has 0 amide bonds. The van der Waals surface area contributed by atoms with Crippen molar-refractivity contribution in [2.75, 3.05) is 24.8 Å². The molecule has 0 fully saturated rings. The second kappa shape index (κ2) is 6.93. The maximum absolute atomic E-state index is 12.2. The van der Waals surface area contributed by atoms with Crippen LogP contribution in [0.25, 0.3) is 0 Å². The van der Waals surface area contributed by atoms with E-state index in [-0.39, 0.29) is 29.1 Å². The highest BCUT2D eigenvalue weighted by molar-refractivity contribution is 9.11. The van der Waals surface area contributed by atoms with Crippen molar-refractivity contribution >= 4 is 72.1 Å². The number of rotatable bonds is 6. The summed E-state index contributed by atoms with van der Waals surface area (Å²) in [6.07, 6.45) is 0. The van der Waals surface area contributed by atoms with Crippen LogP contribution in [0.3, 0.4) is 0 Å². The van der Waals surface area contributed by atoms with E-state index in [1.807, 2.05) is 0 Å². The van der Waals surface area contributed by atoms with Crippen LogP contribution in [0.4, 0.5) is 0 Å².